The zero-order valence-corrected chi connectivity index (χ0v) is 11.1. The summed E-state index contributed by atoms with van der Waals surface area (Å²) in [6.07, 6.45) is 3.06. The van der Waals surface area contributed by atoms with Crippen molar-refractivity contribution in [3.63, 3.8) is 0 Å². The normalized spacial score (nSPS) is 28.4. The Hall–Kier alpha value is -1.10. The molecule has 2 aliphatic rings. The topological polar surface area (TPSA) is 58.6 Å². The molecule has 2 atom stereocenters. The molecule has 0 radical (unpaired) electrons. The fraction of sp³-hybridized carbons (Fsp3) is 0.846. The fourth-order valence-electron chi connectivity index (χ4n) is 2.43. The van der Waals surface area contributed by atoms with E-state index in [1.165, 1.54) is 0 Å². The van der Waals surface area contributed by atoms with E-state index in [-0.39, 0.29) is 17.9 Å². The van der Waals surface area contributed by atoms with Gasteiger partial charge in [-0.15, -0.1) is 0 Å². The van der Waals surface area contributed by atoms with Gasteiger partial charge in [-0.05, 0) is 32.1 Å². The smallest absolute Gasteiger partial charge is 0.245 e. The maximum Gasteiger partial charge on any atom is 0.245 e. The molecule has 1 aliphatic carbocycles. The lowest BCUT2D eigenvalue weighted by Crippen LogP contribution is -2.63. The summed E-state index contributed by atoms with van der Waals surface area (Å²) >= 11 is 0. The van der Waals surface area contributed by atoms with Crippen LogP contribution in [0.1, 0.15) is 33.1 Å². The predicted octanol–water partition coefficient (Wildman–Crippen LogP) is 0.539. The van der Waals surface area contributed by atoms with Gasteiger partial charge in [0, 0.05) is 13.2 Å². The summed E-state index contributed by atoms with van der Waals surface area (Å²) in [5.74, 6) is 0.374. The fourth-order valence-corrected chi connectivity index (χ4v) is 2.43. The number of carbonyl (C=O) groups is 2. The molecule has 2 rings (SSSR count). The summed E-state index contributed by atoms with van der Waals surface area (Å²) < 4.78 is 5.43. The van der Waals surface area contributed by atoms with Crippen LogP contribution in [-0.2, 0) is 14.3 Å². The van der Waals surface area contributed by atoms with E-state index in [0.29, 0.717) is 25.7 Å². The van der Waals surface area contributed by atoms with Crippen molar-refractivity contribution in [1.29, 1.82) is 0 Å². The highest BCUT2D eigenvalue weighted by molar-refractivity contribution is 5.97. The van der Waals surface area contributed by atoms with E-state index >= 15 is 0 Å². The molecule has 5 heteroatoms. The van der Waals surface area contributed by atoms with Gasteiger partial charge in [-0.2, -0.15) is 0 Å². The van der Waals surface area contributed by atoms with Gasteiger partial charge >= 0.3 is 0 Å². The second kappa shape index (κ2) is 5.69. The Morgan fingerprint density at radius 3 is 2.67 bits per heavy atom. The van der Waals surface area contributed by atoms with Crippen LogP contribution in [0.3, 0.4) is 0 Å². The molecule has 1 heterocycles. The highest BCUT2D eigenvalue weighted by atomic mass is 16.5. The molecule has 1 aliphatic heterocycles. The Bertz CT molecular complexity index is 328. The number of piperazine rings is 1. The van der Waals surface area contributed by atoms with Crippen LogP contribution in [0.25, 0.3) is 0 Å². The monoisotopic (exact) mass is 254 g/mol. The zero-order chi connectivity index (χ0) is 13.1. The molecule has 2 unspecified atom stereocenters. The molecule has 0 aromatic heterocycles. The van der Waals surface area contributed by atoms with Crippen molar-refractivity contribution in [1.82, 2.24) is 10.2 Å². The van der Waals surface area contributed by atoms with Gasteiger partial charge in [0.2, 0.25) is 11.8 Å². The van der Waals surface area contributed by atoms with Crippen molar-refractivity contribution >= 4 is 11.8 Å². The number of nitrogens with zero attached hydrogens (tertiary/aromatic N) is 1. The standard InChI is InChI=1S/C13H22N2O3/c1-3-7-18-8-6-15-11(10-4-5-10)12(16)14-9(2)13(15)17/h9-11H,3-8H2,1-2H3,(H,14,16). The van der Waals surface area contributed by atoms with Crippen molar-refractivity contribution in [2.24, 2.45) is 5.92 Å². The largest absolute Gasteiger partial charge is 0.380 e. The van der Waals surface area contributed by atoms with Crippen LogP contribution in [0.15, 0.2) is 0 Å². The second-order valence-corrected chi connectivity index (χ2v) is 5.16. The number of hydrogen-bond donors (Lipinski definition) is 1. The molecule has 0 bridgehead atoms. The van der Waals surface area contributed by atoms with Crippen LogP contribution in [-0.4, -0.2) is 48.6 Å². The summed E-state index contributed by atoms with van der Waals surface area (Å²) in [7, 11) is 0. The highest BCUT2D eigenvalue weighted by Gasteiger charge is 2.46. The summed E-state index contributed by atoms with van der Waals surface area (Å²) in [4.78, 5) is 25.8. The Balaban J connectivity index is 1.96. The van der Waals surface area contributed by atoms with Crippen LogP contribution in [0.2, 0.25) is 0 Å². The van der Waals surface area contributed by atoms with E-state index in [4.69, 9.17) is 4.74 Å². The first-order valence-electron chi connectivity index (χ1n) is 6.83. The van der Waals surface area contributed by atoms with Gasteiger partial charge in [0.25, 0.3) is 0 Å². The average Bonchev–Trinajstić information content (AvgIpc) is 3.14. The van der Waals surface area contributed by atoms with Gasteiger partial charge < -0.3 is 15.0 Å². The average molecular weight is 254 g/mol. The molecule has 1 saturated carbocycles. The van der Waals surface area contributed by atoms with Crippen LogP contribution in [0.5, 0.6) is 0 Å². The predicted molar refractivity (Wildman–Crippen MR) is 66.9 cm³/mol. The third-order valence-electron chi connectivity index (χ3n) is 3.51. The number of hydrogen-bond acceptors (Lipinski definition) is 3. The zero-order valence-electron chi connectivity index (χ0n) is 11.1. The molecule has 1 saturated heterocycles. The Morgan fingerprint density at radius 2 is 2.06 bits per heavy atom. The number of nitrogens with one attached hydrogen (secondary N) is 1. The maximum atomic E-state index is 12.1. The van der Waals surface area contributed by atoms with Crippen LogP contribution < -0.4 is 5.32 Å². The molecule has 1 N–H and O–H groups in total. The van der Waals surface area contributed by atoms with Crippen LogP contribution in [0.4, 0.5) is 0 Å². The van der Waals surface area contributed by atoms with Crippen molar-refractivity contribution in [3.05, 3.63) is 0 Å². The molecule has 0 aromatic carbocycles. The van der Waals surface area contributed by atoms with Crippen LogP contribution >= 0.6 is 0 Å². The molecule has 102 valence electrons. The van der Waals surface area contributed by atoms with Gasteiger partial charge in [0.15, 0.2) is 0 Å². The number of carbonyl (C=O) groups excluding carboxylic acids is 2. The lowest BCUT2D eigenvalue weighted by atomic mass is 10.0. The van der Waals surface area contributed by atoms with Crippen molar-refractivity contribution in [2.75, 3.05) is 19.8 Å². The van der Waals surface area contributed by atoms with Gasteiger partial charge in [-0.25, -0.2) is 0 Å². The van der Waals surface area contributed by atoms with E-state index < -0.39 is 6.04 Å². The summed E-state index contributed by atoms with van der Waals surface area (Å²) in [5.41, 5.74) is 0. The Labute approximate surface area is 108 Å². The lowest BCUT2D eigenvalue weighted by Gasteiger charge is -2.38. The van der Waals surface area contributed by atoms with Crippen LogP contribution in [0, 0.1) is 5.92 Å². The van der Waals surface area contributed by atoms with Crippen molar-refractivity contribution in [3.8, 4) is 0 Å². The third kappa shape index (κ3) is 2.83. The van der Waals surface area contributed by atoms with Crippen molar-refractivity contribution in [2.45, 2.75) is 45.2 Å². The molecule has 2 amide bonds. The first-order chi connectivity index (χ1) is 8.65. The molecule has 18 heavy (non-hydrogen) atoms. The first kappa shape index (κ1) is 13.3. The SMILES string of the molecule is CCCOCCN1C(=O)C(C)NC(=O)C1C1CC1. The highest BCUT2D eigenvalue weighted by Crippen LogP contribution is 2.36. The minimum Gasteiger partial charge on any atom is -0.380 e. The van der Waals surface area contributed by atoms with Gasteiger partial charge in [0.1, 0.15) is 12.1 Å². The Kier molecular flexibility index (Phi) is 4.22. The van der Waals surface area contributed by atoms with E-state index in [1.54, 1.807) is 11.8 Å². The van der Waals surface area contributed by atoms with E-state index in [1.807, 2.05) is 0 Å². The minimum atomic E-state index is -0.404. The molecular formula is C13H22N2O3. The summed E-state index contributed by atoms with van der Waals surface area (Å²) in [6.45, 7) is 5.54. The van der Waals surface area contributed by atoms with E-state index in [9.17, 15) is 9.59 Å². The summed E-state index contributed by atoms with van der Waals surface area (Å²) in [6, 6.07) is -0.669. The second-order valence-electron chi connectivity index (χ2n) is 5.16. The van der Waals surface area contributed by atoms with E-state index in [2.05, 4.69) is 12.2 Å². The van der Waals surface area contributed by atoms with E-state index in [0.717, 1.165) is 19.3 Å². The lowest BCUT2D eigenvalue weighted by molar-refractivity contribution is -0.150. The summed E-state index contributed by atoms with van der Waals surface area (Å²) in [5, 5.41) is 2.76. The number of ether oxygens (including phenoxy) is 1. The quantitative estimate of drug-likeness (QED) is 0.704. The third-order valence-corrected chi connectivity index (χ3v) is 3.51. The molecule has 0 spiro atoms. The van der Waals surface area contributed by atoms with Gasteiger partial charge in [-0.3, -0.25) is 9.59 Å². The van der Waals surface area contributed by atoms with Gasteiger partial charge in [0.05, 0.1) is 6.61 Å². The number of rotatable bonds is 6. The minimum absolute atomic E-state index is 0.0000847. The molecule has 5 nitrogen and oxygen atoms in total. The number of amides is 2. The van der Waals surface area contributed by atoms with Gasteiger partial charge in [-0.1, -0.05) is 6.92 Å². The maximum absolute atomic E-state index is 12.1. The first-order valence-corrected chi connectivity index (χ1v) is 6.83. The molecule has 2 fully saturated rings. The Morgan fingerprint density at radius 1 is 1.33 bits per heavy atom. The van der Waals surface area contributed by atoms with Crippen molar-refractivity contribution < 1.29 is 14.3 Å². The molecule has 0 aromatic rings. The molecular weight excluding hydrogens is 232 g/mol.